The fourth-order valence-corrected chi connectivity index (χ4v) is 2.93. The molecule has 0 saturated carbocycles. The van der Waals surface area contributed by atoms with Gasteiger partial charge < -0.3 is 19.7 Å². The average Bonchev–Trinajstić information content (AvgIpc) is 3.13. The second kappa shape index (κ2) is 7.47. The fourth-order valence-electron chi connectivity index (χ4n) is 2.93. The van der Waals surface area contributed by atoms with Crippen LogP contribution in [0.3, 0.4) is 0 Å². The summed E-state index contributed by atoms with van der Waals surface area (Å²) in [6, 6.07) is 6.72. The molecule has 0 aromatic heterocycles. The van der Waals surface area contributed by atoms with Crippen molar-refractivity contribution in [3.63, 3.8) is 0 Å². The van der Waals surface area contributed by atoms with Gasteiger partial charge in [0.1, 0.15) is 5.75 Å². The van der Waals surface area contributed by atoms with E-state index in [0.717, 1.165) is 12.8 Å². The number of likely N-dealkylation sites (tertiary alicyclic amines) is 1. The monoisotopic (exact) mass is 332 g/mol. The molecule has 1 aliphatic heterocycles. The zero-order valence-electron chi connectivity index (χ0n) is 14.4. The Morgan fingerprint density at radius 2 is 1.88 bits per heavy atom. The number of benzene rings is 1. The minimum atomic E-state index is -1.57. The molecule has 1 atom stereocenters. The molecule has 1 heterocycles. The highest BCUT2D eigenvalue weighted by Gasteiger charge is 2.46. The summed E-state index contributed by atoms with van der Waals surface area (Å²) in [5, 5.41) is 2.67. The third kappa shape index (κ3) is 3.27. The molecule has 0 aliphatic carbocycles. The summed E-state index contributed by atoms with van der Waals surface area (Å²) >= 11 is 0. The van der Waals surface area contributed by atoms with Crippen LogP contribution in [0.1, 0.15) is 37.0 Å². The van der Waals surface area contributed by atoms with Crippen LogP contribution in [0.25, 0.3) is 0 Å². The highest BCUT2D eigenvalue weighted by Crippen LogP contribution is 2.24. The molecule has 1 N–H and O–H groups in total. The van der Waals surface area contributed by atoms with Gasteiger partial charge in [-0.05, 0) is 30.9 Å². The van der Waals surface area contributed by atoms with E-state index in [9.17, 15) is 14.4 Å². The highest BCUT2D eigenvalue weighted by atomic mass is 16.5. The number of hydrogen-bond donors (Lipinski definition) is 1. The van der Waals surface area contributed by atoms with Gasteiger partial charge in [0.15, 0.2) is 11.8 Å². The van der Waals surface area contributed by atoms with Crippen LogP contribution in [0, 0.1) is 5.92 Å². The van der Waals surface area contributed by atoms with E-state index in [-0.39, 0.29) is 11.8 Å². The third-order valence-electron chi connectivity index (χ3n) is 4.52. The van der Waals surface area contributed by atoms with Gasteiger partial charge in [-0.25, -0.2) is 0 Å². The Balaban J connectivity index is 2.33. The summed E-state index contributed by atoms with van der Waals surface area (Å²) in [4.78, 5) is 39.2. The molecule has 0 bridgehead atoms. The molecule has 2 rings (SSSR count). The Morgan fingerprint density at radius 1 is 1.25 bits per heavy atom. The number of methoxy groups -OCH3 is 1. The molecule has 6 nitrogen and oxygen atoms in total. The number of carbonyl (C=O) groups is 3. The van der Waals surface area contributed by atoms with Crippen molar-refractivity contribution in [1.82, 2.24) is 10.2 Å². The zero-order chi connectivity index (χ0) is 17.7. The van der Waals surface area contributed by atoms with Gasteiger partial charge in [0, 0.05) is 13.1 Å². The molecule has 0 radical (unpaired) electrons. The molecule has 2 amide bonds. The number of para-hydroxylation sites is 1. The van der Waals surface area contributed by atoms with E-state index >= 15 is 0 Å². The normalized spacial score (nSPS) is 16.6. The lowest BCUT2D eigenvalue weighted by atomic mass is 9.85. The van der Waals surface area contributed by atoms with Gasteiger partial charge >= 0.3 is 0 Å². The number of nitrogens with one attached hydrogen (secondary N) is 1. The van der Waals surface area contributed by atoms with Crippen molar-refractivity contribution in [3.8, 4) is 5.75 Å². The summed E-state index contributed by atoms with van der Waals surface area (Å²) in [5.41, 5.74) is -1.27. The quantitative estimate of drug-likeness (QED) is 0.635. The minimum Gasteiger partial charge on any atom is -0.496 e. The number of rotatable bonds is 6. The second-order valence-corrected chi connectivity index (χ2v) is 6.30. The van der Waals surface area contributed by atoms with Crippen LogP contribution in [-0.2, 0) is 9.59 Å². The van der Waals surface area contributed by atoms with E-state index in [0.29, 0.717) is 30.7 Å². The second-order valence-electron chi connectivity index (χ2n) is 6.30. The predicted octanol–water partition coefficient (Wildman–Crippen LogP) is 1.64. The van der Waals surface area contributed by atoms with Gasteiger partial charge in [-0.2, -0.15) is 0 Å². The first kappa shape index (κ1) is 18.0. The predicted molar refractivity (Wildman–Crippen MR) is 89.9 cm³/mol. The SMILES string of the molecule is COc1ccccc1C(=O)N[C@@](C=O)(C(=O)N1CCCC1)C(C)C. The molecule has 1 saturated heterocycles. The van der Waals surface area contributed by atoms with Crippen LogP contribution >= 0.6 is 0 Å². The van der Waals surface area contributed by atoms with Crippen LogP contribution in [-0.4, -0.2) is 48.7 Å². The van der Waals surface area contributed by atoms with E-state index in [2.05, 4.69) is 5.32 Å². The van der Waals surface area contributed by atoms with E-state index in [1.54, 1.807) is 43.0 Å². The van der Waals surface area contributed by atoms with Crippen LogP contribution in [0.5, 0.6) is 5.75 Å². The standard InChI is InChI=1S/C18H24N2O4/c1-13(2)18(12-21,17(23)20-10-6-7-11-20)19-16(22)14-8-4-5-9-15(14)24-3/h4-5,8-9,12-13H,6-7,10-11H2,1-3H3,(H,19,22)/t18-/m1/s1. The molecule has 0 spiro atoms. The molecular formula is C18H24N2O4. The Kier molecular flexibility index (Phi) is 5.59. The summed E-state index contributed by atoms with van der Waals surface area (Å²) in [6.07, 6.45) is 2.39. The van der Waals surface area contributed by atoms with Crippen molar-refractivity contribution >= 4 is 18.1 Å². The van der Waals surface area contributed by atoms with Crippen LogP contribution in [0.4, 0.5) is 0 Å². The largest absolute Gasteiger partial charge is 0.496 e. The first-order valence-corrected chi connectivity index (χ1v) is 8.17. The number of amides is 2. The third-order valence-corrected chi connectivity index (χ3v) is 4.52. The van der Waals surface area contributed by atoms with Crippen LogP contribution < -0.4 is 10.1 Å². The Morgan fingerprint density at radius 3 is 2.42 bits per heavy atom. The van der Waals surface area contributed by atoms with Gasteiger partial charge in [-0.15, -0.1) is 0 Å². The van der Waals surface area contributed by atoms with Gasteiger partial charge in [0.05, 0.1) is 12.7 Å². The van der Waals surface area contributed by atoms with Crippen molar-refractivity contribution in [1.29, 1.82) is 0 Å². The molecular weight excluding hydrogens is 308 g/mol. The Bertz CT molecular complexity index is 623. The highest BCUT2D eigenvalue weighted by molar-refractivity contribution is 6.08. The smallest absolute Gasteiger partial charge is 0.256 e. The van der Waals surface area contributed by atoms with Crippen molar-refractivity contribution in [2.24, 2.45) is 5.92 Å². The van der Waals surface area contributed by atoms with Crippen molar-refractivity contribution < 1.29 is 19.1 Å². The molecule has 130 valence electrons. The number of hydrogen-bond acceptors (Lipinski definition) is 4. The van der Waals surface area contributed by atoms with Crippen LogP contribution in [0.15, 0.2) is 24.3 Å². The Hall–Kier alpha value is -2.37. The number of ether oxygens (including phenoxy) is 1. The first-order chi connectivity index (χ1) is 11.5. The topological polar surface area (TPSA) is 75.7 Å². The maximum Gasteiger partial charge on any atom is 0.256 e. The number of nitrogens with zero attached hydrogens (tertiary/aromatic N) is 1. The fraction of sp³-hybridized carbons (Fsp3) is 0.500. The Labute approximate surface area is 142 Å². The molecule has 6 heteroatoms. The average molecular weight is 332 g/mol. The summed E-state index contributed by atoms with van der Waals surface area (Å²) in [5.74, 6) is -0.817. The lowest BCUT2D eigenvalue weighted by molar-refractivity contribution is -0.142. The summed E-state index contributed by atoms with van der Waals surface area (Å²) < 4.78 is 5.19. The summed E-state index contributed by atoms with van der Waals surface area (Å²) in [6.45, 7) is 4.74. The number of aldehydes is 1. The molecule has 1 aromatic rings. The molecule has 1 aromatic carbocycles. The summed E-state index contributed by atoms with van der Waals surface area (Å²) in [7, 11) is 1.47. The van der Waals surface area contributed by atoms with E-state index in [1.165, 1.54) is 7.11 Å². The van der Waals surface area contributed by atoms with Gasteiger partial charge in [-0.3, -0.25) is 9.59 Å². The van der Waals surface area contributed by atoms with E-state index in [4.69, 9.17) is 4.74 Å². The van der Waals surface area contributed by atoms with E-state index < -0.39 is 11.4 Å². The van der Waals surface area contributed by atoms with E-state index in [1.807, 2.05) is 0 Å². The van der Waals surface area contributed by atoms with Crippen LogP contribution in [0.2, 0.25) is 0 Å². The van der Waals surface area contributed by atoms with Crippen molar-refractivity contribution in [2.75, 3.05) is 20.2 Å². The molecule has 24 heavy (non-hydrogen) atoms. The number of carbonyl (C=O) groups excluding carboxylic acids is 3. The first-order valence-electron chi connectivity index (χ1n) is 8.17. The molecule has 1 aliphatic rings. The van der Waals surface area contributed by atoms with Crippen molar-refractivity contribution in [3.05, 3.63) is 29.8 Å². The van der Waals surface area contributed by atoms with Gasteiger partial charge in [0.25, 0.3) is 11.8 Å². The lowest BCUT2D eigenvalue weighted by Crippen LogP contribution is -2.63. The van der Waals surface area contributed by atoms with Gasteiger partial charge in [0.2, 0.25) is 0 Å². The lowest BCUT2D eigenvalue weighted by Gasteiger charge is -2.35. The van der Waals surface area contributed by atoms with Gasteiger partial charge in [-0.1, -0.05) is 26.0 Å². The van der Waals surface area contributed by atoms with Crippen molar-refractivity contribution in [2.45, 2.75) is 32.2 Å². The molecule has 1 fully saturated rings. The molecule has 0 unspecified atom stereocenters. The maximum atomic E-state index is 12.9. The maximum absolute atomic E-state index is 12.9. The minimum absolute atomic E-state index is 0.293. The zero-order valence-corrected chi connectivity index (χ0v) is 14.4.